The van der Waals surface area contributed by atoms with E-state index in [1.807, 2.05) is 18.2 Å². The highest BCUT2D eigenvalue weighted by atomic mass is 32.2. The first-order valence-corrected chi connectivity index (χ1v) is 10.9. The van der Waals surface area contributed by atoms with Gasteiger partial charge in [-0.25, -0.2) is 18.1 Å². The first-order valence-electron chi connectivity index (χ1n) is 8.16. The predicted octanol–water partition coefficient (Wildman–Crippen LogP) is 2.57. The zero-order valence-corrected chi connectivity index (χ0v) is 15.4. The maximum Gasteiger partial charge on any atom is 0.208 e. The number of hydrogen-bond acceptors (Lipinski definition) is 5. The quantitative estimate of drug-likeness (QED) is 0.855. The van der Waals surface area contributed by atoms with E-state index in [0.29, 0.717) is 12.5 Å². The third-order valence-electron chi connectivity index (χ3n) is 4.20. The molecule has 0 bridgehead atoms. The van der Waals surface area contributed by atoms with Crippen molar-refractivity contribution in [2.24, 2.45) is 5.92 Å². The SMILES string of the molecule is CS(=O)(=O)NC[C@H]1CCCN(Cc2csc(-c3ccccc3)n2)C1. The van der Waals surface area contributed by atoms with Gasteiger partial charge in [0.2, 0.25) is 10.0 Å². The van der Waals surface area contributed by atoms with Gasteiger partial charge in [-0.2, -0.15) is 0 Å². The van der Waals surface area contributed by atoms with Crippen molar-refractivity contribution in [2.75, 3.05) is 25.9 Å². The summed E-state index contributed by atoms with van der Waals surface area (Å²) in [6, 6.07) is 10.2. The molecule has 1 aromatic carbocycles. The van der Waals surface area contributed by atoms with Gasteiger partial charge in [0.15, 0.2) is 0 Å². The van der Waals surface area contributed by atoms with E-state index < -0.39 is 10.0 Å². The zero-order chi connectivity index (χ0) is 17.0. The van der Waals surface area contributed by atoms with Gasteiger partial charge in [-0.1, -0.05) is 30.3 Å². The van der Waals surface area contributed by atoms with E-state index in [0.717, 1.165) is 48.7 Å². The van der Waals surface area contributed by atoms with Crippen LogP contribution in [0.5, 0.6) is 0 Å². The third kappa shape index (κ3) is 5.11. The Bertz CT molecular complexity index is 759. The molecule has 24 heavy (non-hydrogen) atoms. The summed E-state index contributed by atoms with van der Waals surface area (Å²) < 4.78 is 25.1. The second-order valence-corrected chi connectivity index (χ2v) is 9.07. The molecule has 1 N–H and O–H groups in total. The Morgan fingerprint density at radius 3 is 2.88 bits per heavy atom. The number of benzene rings is 1. The number of thiazole rings is 1. The molecule has 1 atom stereocenters. The van der Waals surface area contributed by atoms with E-state index in [1.165, 1.54) is 6.26 Å². The number of piperidine rings is 1. The van der Waals surface area contributed by atoms with E-state index in [-0.39, 0.29) is 0 Å². The second kappa shape index (κ2) is 7.74. The second-order valence-electron chi connectivity index (χ2n) is 6.37. The lowest BCUT2D eigenvalue weighted by molar-refractivity contribution is 0.167. The maximum absolute atomic E-state index is 11.3. The molecule has 0 unspecified atom stereocenters. The largest absolute Gasteiger partial charge is 0.297 e. The maximum atomic E-state index is 11.3. The van der Waals surface area contributed by atoms with Gasteiger partial charge in [0.05, 0.1) is 11.9 Å². The Kier molecular flexibility index (Phi) is 5.65. The van der Waals surface area contributed by atoms with Crippen molar-refractivity contribution < 1.29 is 8.42 Å². The molecular formula is C17H23N3O2S2. The van der Waals surface area contributed by atoms with Crippen molar-refractivity contribution in [1.82, 2.24) is 14.6 Å². The molecule has 0 saturated carbocycles. The molecule has 1 saturated heterocycles. The summed E-state index contributed by atoms with van der Waals surface area (Å²) in [5.41, 5.74) is 2.25. The normalized spacial score (nSPS) is 19.5. The van der Waals surface area contributed by atoms with Crippen molar-refractivity contribution >= 4 is 21.4 Å². The van der Waals surface area contributed by atoms with Crippen molar-refractivity contribution in [3.63, 3.8) is 0 Å². The van der Waals surface area contributed by atoms with Crippen LogP contribution in [0.15, 0.2) is 35.7 Å². The first kappa shape index (κ1) is 17.5. The molecule has 1 aromatic heterocycles. The lowest BCUT2D eigenvalue weighted by Crippen LogP contribution is -2.40. The highest BCUT2D eigenvalue weighted by Gasteiger charge is 2.21. The van der Waals surface area contributed by atoms with Crippen LogP contribution >= 0.6 is 11.3 Å². The molecule has 0 amide bonds. The molecule has 5 nitrogen and oxygen atoms in total. The van der Waals surface area contributed by atoms with Crippen LogP contribution in [0.2, 0.25) is 0 Å². The van der Waals surface area contributed by atoms with Gasteiger partial charge in [-0.15, -0.1) is 11.3 Å². The van der Waals surface area contributed by atoms with Crippen molar-refractivity contribution in [3.05, 3.63) is 41.4 Å². The molecule has 0 spiro atoms. The van der Waals surface area contributed by atoms with Crippen molar-refractivity contribution in [2.45, 2.75) is 19.4 Å². The standard InChI is InChI=1S/C17H23N3O2S2/c1-24(21,22)18-10-14-6-5-9-20(11-14)12-16-13-23-17(19-16)15-7-3-2-4-8-15/h2-4,7-8,13-14,18H,5-6,9-12H2,1H3/t14-/m1/s1. The number of aromatic nitrogens is 1. The van der Waals surface area contributed by atoms with Crippen LogP contribution in [0, 0.1) is 5.92 Å². The third-order valence-corrected chi connectivity index (χ3v) is 5.83. The minimum absolute atomic E-state index is 0.376. The number of hydrogen-bond donors (Lipinski definition) is 1. The smallest absolute Gasteiger partial charge is 0.208 e. The Morgan fingerprint density at radius 2 is 2.12 bits per heavy atom. The monoisotopic (exact) mass is 365 g/mol. The lowest BCUT2D eigenvalue weighted by atomic mass is 9.98. The van der Waals surface area contributed by atoms with Gasteiger partial charge in [-0.3, -0.25) is 4.90 Å². The molecule has 7 heteroatoms. The van der Waals surface area contributed by atoms with Gasteiger partial charge in [-0.05, 0) is 25.3 Å². The van der Waals surface area contributed by atoms with Gasteiger partial charge in [0, 0.05) is 30.6 Å². The average Bonchev–Trinajstić information content (AvgIpc) is 3.02. The molecule has 130 valence electrons. The van der Waals surface area contributed by atoms with Crippen LogP contribution < -0.4 is 4.72 Å². The van der Waals surface area contributed by atoms with Crippen LogP contribution in [0.25, 0.3) is 10.6 Å². The number of likely N-dealkylation sites (tertiary alicyclic amines) is 1. The van der Waals surface area contributed by atoms with Gasteiger partial charge >= 0.3 is 0 Å². The summed E-state index contributed by atoms with van der Waals surface area (Å²) in [4.78, 5) is 7.13. The fraction of sp³-hybridized carbons (Fsp3) is 0.471. The van der Waals surface area contributed by atoms with E-state index in [1.54, 1.807) is 11.3 Å². The van der Waals surface area contributed by atoms with Crippen LogP contribution in [0.3, 0.4) is 0 Å². The Labute approximate surface area is 147 Å². The highest BCUT2D eigenvalue weighted by Crippen LogP contribution is 2.25. The molecule has 0 radical (unpaired) electrons. The van der Waals surface area contributed by atoms with Gasteiger partial charge in [0.1, 0.15) is 5.01 Å². The summed E-state index contributed by atoms with van der Waals surface area (Å²) in [5.74, 6) is 0.376. The average molecular weight is 366 g/mol. The molecule has 2 heterocycles. The van der Waals surface area contributed by atoms with Crippen LogP contribution in [-0.4, -0.2) is 44.2 Å². The number of sulfonamides is 1. The van der Waals surface area contributed by atoms with Crippen LogP contribution in [-0.2, 0) is 16.6 Å². The molecule has 3 rings (SSSR count). The van der Waals surface area contributed by atoms with E-state index in [4.69, 9.17) is 4.98 Å². The van der Waals surface area contributed by atoms with Crippen LogP contribution in [0.4, 0.5) is 0 Å². The Hall–Kier alpha value is -1.28. The molecular weight excluding hydrogens is 342 g/mol. The minimum atomic E-state index is -3.11. The zero-order valence-electron chi connectivity index (χ0n) is 13.8. The number of nitrogens with one attached hydrogen (secondary N) is 1. The fourth-order valence-electron chi connectivity index (χ4n) is 3.05. The molecule has 0 aliphatic carbocycles. The first-order chi connectivity index (χ1) is 11.5. The van der Waals surface area contributed by atoms with Gasteiger partial charge < -0.3 is 0 Å². The summed E-state index contributed by atoms with van der Waals surface area (Å²) in [5, 5.41) is 3.18. The number of rotatable bonds is 6. The Morgan fingerprint density at radius 1 is 1.33 bits per heavy atom. The minimum Gasteiger partial charge on any atom is -0.297 e. The predicted molar refractivity (Wildman–Crippen MR) is 98.4 cm³/mol. The van der Waals surface area contributed by atoms with E-state index >= 15 is 0 Å². The van der Waals surface area contributed by atoms with Crippen LogP contribution in [0.1, 0.15) is 18.5 Å². The molecule has 2 aromatic rings. The summed E-state index contributed by atoms with van der Waals surface area (Å²) >= 11 is 1.68. The summed E-state index contributed by atoms with van der Waals surface area (Å²) in [6.45, 7) is 3.33. The van der Waals surface area contributed by atoms with Gasteiger partial charge in [0.25, 0.3) is 0 Å². The van der Waals surface area contributed by atoms with Crippen molar-refractivity contribution in [3.8, 4) is 10.6 Å². The highest BCUT2D eigenvalue weighted by molar-refractivity contribution is 7.88. The molecule has 1 aliphatic heterocycles. The van der Waals surface area contributed by atoms with Crippen molar-refractivity contribution in [1.29, 1.82) is 0 Å². The van der Waals surface area contributed by atoms with E-state index in [2.05, 4.69) is 27.1 Å². The molecule has 1 fully saturated rings. The summed E-state index contributed by atoms with van der Waals surface area (Å²) in [6.07, 6.45) is 3.39. The lowest BCUT2D eigenvalue weighted by Gasteiger charge is -2.32. The summed E-state index contributed by atoms with van der Waals surface area (Å²) in [7, 11) is -3.11. The van der Waals surface area contributed by atoms with E-state index in [9.17, 15) is 8.42 Å². The fourth-order valence-corrected chi connectivity index (χ4v) is 4.41. The Balaban J connectivity index is 1.57. The topological polar surface area (TPSA) is 62.3 Å². The number of nitrogens with zero attached hydrogens (tertiary/aromatic N) is 2. The molecule has 1 aliphatic rings.